The molecular weight excluding hydrogens is 418 g/mol. The zero-order chi connectivity index (χ0) is 18.1. The van der Waals surface area contributed by atoms with Crippen molar-refractivity contribution in [3.05, 3.63) is 52.0 Å². The lowest BCUT2D eigenvalue weighted by Gasteiger charge is -2.30. The van der Waals surface area contributed by atoms with Crippen LogP contribution in [0.15, 0.2) is 51.4 Å². The second-order valence-corrected chi connectivity index (χ2v) is 7.66. The third-order valence-electron chi connectivity index (χ3n) is 4.61. The van der Waals surface area contributed by atoms with Gasteiger partial charge < -0.3 is 14.6 Å². The molecule has 0 saturated carbocycles. The number of anilines is 2. The molecule has 1 fully saturated rings. The summed E-state index contributed by atoms with van der Waals surface area (Å²) in [4.78, 5) is 19.2. The number of fused-ring (bicyclic) bond motifs is 1. The quantitative estimate of drug-likeness (QED) is 0.623. The summed E-state index contributed by atoms with van der Waals surface area (Å²) in [6, 6.07) is 13.8. The predicted octanol–water partition coefficient (Wildman–Crippen LogP) is 5.10. The molecule has 26 heavy (non-hydrogen) atoms. The van der Waals surface area contributed by atoms with Crippen LogP contribution in [0.4, 0.5) is 11.7 Å². The van der Waals surface area contributed by atoms with Crippen LogP contribution in [0, 0.1) is 5.92 Å². The Bertz CT molecular complexity index is 918. The molecule has 3 aromatic rings. The van der Waals surface area contributed by atoms with Crippen molar-refractivity contribution in [3.63, 3.8) is 0 Å². The van der Waals surface area contributed by atoms with Gasteiger partial charge in [-0.2, -0.15) is 4.98 Å². The van der Waals surface area contributed by atoms with Crippen molar-refractivity contribution in [3.8, 4) is 0 Å². The molecular formula is C19H17BrClN3O2. The zero-order valence-corrected chi connectivity index (χ0v) is 16.3. The highest BCUT2D eigenvalue weighted by Gasteiger charge is 2.27. The summed E-state index contributed by atoms with van der Waals surface area (Å²) in [5, 5.41) is 3.46. The third kappa shape index (κ3) is 3.57. The van der Waals surface area contributed by atoms with Gasteiger partial charge in [0.1, 0.15) is 5.52 Å². The molecule has 0 bridgehead atoms. The van der Waals surface area contributed by atoms with Gasteiger partial charge in [-0.1, -0.05) is 39.7 Å². The summed E-state index contributed by atoms with van der Waals surface area (Å²) in [6.07, 6.45) is 1.50. The molecule has 0 unspecified atom stereocenters. The first-order chi connectivity index (χ1) is 12.6. The maximum Gasteiger partial charge on any atom is 0.298 e. The first-order valence-corrected chi connectivity index (χ1v) is 9.64. The minimum absolute atomic E-state index is 0.00596. The van der Waals surface area contributed by atoms with E-state index < -0.39 is 0 Å². The summed E-state index contributed by atoms with van der Waals surface area (Å²) < 4.78 is 6.70. The summed E-state index contributed by atoms with van der Waals surface area (Å²) in [6.45, 7) is 1.47. The van der Waals surface area contributed by atoms with Crippen LogP contribution in [0.5, 0.6) is 0 Å². The number of oxazole rings is 1. The predicted molar refractivity (Wildman–Crippen MR) is 107 cm³/mol. The number of aromatic nitrogens is 1. The number of piperidine rings is 1. The molecule has 1 aromatic heterocycles. The van der Waals surface area contributed by atoms with Crippen LogP contribution in [0.25, 0.3) is 11.1 Å². The Kier molecular flexibility index (Phi) is 4.87. The van der Waals surface area contributed by atoms with Crippen LogP contribution in [0.2, 0.25) is 5.02 Å². The lowest BCUT2D eigenvalue weighted by atomic mass is 9.96. The monoisotopic (exact) mass is 433 g/mol. The minimum Gasteiger partial charge on any atom is -0.423 e. The van der Waals surface area contributed by atoms with Gasteiger partial charge in [0.15, 0.2) is 5.58 Å². The lowest BCUT2D eigenvalue weighted by Crippen LogP contribution is -2.38. The number of carbonyl (C=O) groups excluding carboxylic acids is 1. The standard InChI is InChI=1S/C19H17BrClN3O2/c20-13-5-6-15(14(21)11-13)22-18(25)12-7-9-24(10-8-12)19-23-16-3-1-2-4-17(16)26-19/h1-6,11-12H,7-10H2,(H,22,25). The highest BCUT2D eigenvalue weighted by Crippen LogP contribution is 2.29. The van der Waals surface area contributed by atoms with Gasteiger partial charge in [0.05, 0.1) is 10.7 Å². The molecule has 5 nitrogen and oxygen atoms in total. The van der Waals surface area contributed by atoms with Crippen molar-refractivity contribution < 1.29 is 9.21 Å². The van der Waals surface area contributed by atoms with E-state index in [1.807, 2.05) is 30.3 Å². The number of rotatable bonds is 3. The van der Waals surface area contributed by atoms with Crippen molar-refractivity contribution in [2.75, 3.05) is 23.3 Å². The topological polar surface area (TPSA) is 58.4 Å². The Morgan fingerprint density at radius 2 is 2.00 bits per heavy atom. The van der Waals surface area contributed by atoms with Crippen LogP contribution < -0.4 is 10.2 Å². The maximum absolute atomic E-state index is 12.5. The molecule has 1 amide bonds. The zero-order valence-electron chi connectivity index (χ0n) is 13.9. The second-order valence-electron chi connectivity index (χ2n) is 6.34. The second kappa shape index (κ2) is 7.29. The molecule has 4 rings (SSSR count). The molecule has 1 aliphatic heterocycles. The molecule has 134 valence electrons. The van der Waals surface area contributed by atoms with Gasteiger partial charge in [-0.3, -0.25) is 4.79 Å². The van der Waals surface area contributed by atoms with E-state index in [1.165, 1.54) is 0 Å². The van der Waals surface area contributed by atoms with Crippen LogP contribution >= 0.6 is 27.5 Å². The third-order valence-corrected chi connectivity index (χ3v) is 5.41. The van der Waals surface area contributed by atoms with Crippen molar-refractivity contribution in [2.45, 2.75) is 12.8 Å². The highest BCUT2D eigenvalue weighted by molar-refractivity contribution is 9.10. The Morgan fingerprint density at radius 1 is 1.23 bits per heavy atom. The normalized spacial score (nSPS) is 15.4. The van der Waals surface area contributed by atoms with Crippen molar-refractivity contribution in [1.29, 1.82) is 0 Å². The van der Waals surface area contributed by atoms with Crippen LogP contribution in [0.3, 0.4) is 0 Å². The fourth-order valence-electron chi connectivity index (χ4n) is 3.15. The van der Waals surface area contributed by atoms with Crippen LogP contribution in [-0.4, -0.2) is 24.0 Å². The average molecular weight is 435 g/mol. The number of benzene rings is 2. The van der Waals surface area contributed by atoms with Crippen molar-refractivity contribution in [2.24, 2.45) is 5.92 Å². The fraction of sp³-hybridized carbons (Fsp3) is 0.263. The SMILES string of the molecule is O=C(Nc1ccc(Br)cc1Cl)C1CCN(c2nc3ccccc3o2)CC1. The summed E-state index contributed by atoms with van der Waals surface area (Å²) in [5.41, 5.74) is 2.28. The number of nitrogens with zero attached hydrogens (tertiary/aromatic N) is 2. The van der Waals surface area contributed by atoms with E-state index in [-0.39, 0.29) is 11.8 Å². The van der Waals surface area contributed by atoms with E-state index in [1.54, 1.807) is 12.1 Å². The number of nitrogens with one attached hydrogen (secondary N) is 1. The van der Waals surface area contributed by atoms with Gasteiger partial charge >= 0.3 is 0 Å². The van der Waals surface area contributed by atoms with Gasteiger partial charge in [-0.05, 0) is 43.2 Å². The number of hydrogen-bond acceptors (Lipinski definition) is 4. The number of hydrogen-bond donors (Lipinski definition) is 1. The van der Waals surface area contributed by atoms with E-state index in [0.717, 1.165) is 41.5 Å². The molecule has 0 radical (unpaired) electrons. The summed E-state index contributed by atoms with van der Waals surface area (Å²) in [7, 11) is 0. The number of halogens is 2. The molecule has 0 atom stereocenters. The average Bonchev–Trinajstić information content (AvgIpc) is 3.08. The molecule has 1 N–H and O–H groups in total. The smallest absolute Gasteiger partial charge is 0.298 e. The van der Waals surface area contributed by atoms with E-state index in [4.69, 9.17) is 16.0 Å². The number of carbonyl (C=O) groups is 1. The Morgan fingerprint density at radius 3 is 2.73 bits per heavy atom. The summed E-state index contributed by atoms with van der Waals surface area (Å²) >= 11 is 9.54. The van der Waals surface area contributed by atoms with Gasteiger partial charge in [0.25, 0.3) is 6.01 Å². The molecule has 7 heteroatoms. The highest BCUT2D eigenvalue weighted by atomic mass is 79.9. The van der Waals surface area contributed by atoms with E-state index in [9.17, 15) is 4.79 Å². The largest absolute Gasteiger partial charge is 0.423 e. The van der Waals surface area contributed by atoms with Crippen molar-refractivity contribution in [1.82, 2.24) is 4.98 Å². The Hall–Kier alpha value is -2.05. The minimum atomic E-state index is -0.0460. The summed E-state index contributed by atoms with van der Waals surface area (Å²) in [5.74, 6) is -0.0400. The number of para-hydroxylation sites is 2. The first-order valence-electron chi connectivity index (χ1n) is 8.46. The molecule has 0 spiro atoms. The van der Waals surface area contributed by atoms with Crippen LogP contribution in [-0.2, 0) is 4.79 Å². The molecule has 0 aliphatic carbocycles. The molecule has 2 aromatic carbocycles. The lowest BCUT2D eigenvalue weighted by molar-refractivity contribution is -0.120. The van der Waals surface area contributed by atoms with E-state index in [0.29, 0.717) is 16.7 Å². The first kappa shape index (κ1) is 17.4. The van der Waals surface area contributed by atoms with E-state index >= 15 is 0 Å². The van der Waals surface area contributed by atoms with Gasteiger partial charge in [0, 0.05) is 23.5 Å². The fourth-order valence-corrected chi connectivity index (χ4v) is 3.87. The Labute approximate surface area is 164 Å². The molecule has 2 heterocycles. The molecule has 1 saturated heterocycles. The molecule has 1 aliphatic rings. The van der Waals surface area contributed by atoms with Crippen molar-refractivity contribution >= 4 is 56.2 Å². The Balaban J connectivity index is 1.39. The van der Waals surface area contributed by atoms with Gasteiger partial charge in [-0.15, -0.1) is 0 Å². The van der Waals surface area contributed by atoms with Gasteiger partial charge in [0.2, 0.25) is 5.91 Å². The van der Waals surface area contributed by atoms with Crippen LogP contribution in [0.1, 0.15) is 12.8 Å². The van der Waals surface area contributed by atoms with E-state index in [2.05, 4.69) is 31.1 Å². The number of amides is 1. The van der Waals surface area contributed by atoms with Gasteiger partial charge in [-0.25, -0.2) is 0 Å². The maximum atomic E-state index is 12.5.